The Morgan fingerprint density at radius 3 is 2.81 bits per heavy atom. The van der Waals surface area contributed by atoms with Crippen LogP contribution in [-0.2, 0) is 10.1 Å². The molecule has 16 heavy (non-hydrogen) atoms. The zero-order valence-corrected chi connectivity index (χ0v) is 9.55. The van der Waals surface area contributed by atoms with E-state index in [2.05, 4.69) is 4.98 Å². The van der Waals surface area contributed by atoms with Crippen molar-refractivity contribution in [2.75, 3.05) is 5.75 Å². The van der Waals surface area contributed by atoms with E-state index in [-0.39, 0.29) is 11.8 Å². The molecule has 2 aromatic rings. The molecular weight excluding hydrogens is 228 g/mol. The van der Waals surface area contributed by atoms with Crippen LogP contribution in [0.3, 0.4) is 0 Å². The van der Waals surface area contributed by atoms with Gasteiger partial charge in [-0.15, -0.1) is 0 Å². The van der Waals surface area contributed by atoms with Gasteiger partial charge in [0.25, 0.3) is 10.1 Å². The average Bonchev–Trinajstić information content (AvgIpc) is 2.58. The summed E-state index contributed by atoms with van der Waals surface area (Å²) in [6.07, 6.45) is 1.58. The van der Waals surface area contributed by atoms with Gasteiger partial charge in [0.1, 0.15) is 0 Å². The van der Waals surface area contributed by atoms with E-state index >= 15 is 0 Å². The Kier molecular flexibility index (Phi) is 2.69. The first kappa shape index (κ1) is 11.1. The van der Waals surface area contributed by atoms with Crippen LogP contribution in [0, 0.1) is 0 Å². The Labute approximate surface area is 93.5 Å². The second-order valence-corrected chi connectivity index (χ2v) is 5.24. The Morgan fingerprint density at radius 2 is 2.12 bits per heavy atom. The summed E-state index contributed by atoms with van der Waals surface area (Å²) in [5, 5.41) is 0. The minimum absolute atomic E-state index is 0.312. The van der Waals surface area contributed by atoms with Gasteiger partial charge in [-0.05, 0) is 19.1 Å². The standard InChI is InChI=1S/C10H12N2O3S/c1-8(6-16(13,14)15)12-7-11-9-4-2-3-5-10(9)12/h2-5,7-8H,6H2,1H3,(H,13,14,15). The molecule has 1 atom stereocenters. The molecule has 0 bridgehead atoms. The molecule has 0 spiro atoms. The molecule has 0 fully saturated rings. The number of para-hydroxylation sites is 2. The van der Waals surface area contributed by atoms with Crippen LogP contribution >= 0.6 is 0 Å². The summed E-state index contributed by atoms with van der Waals surface area (Å²) in [6, 6.07) is 7.10. The number of benzene rings is 1. The summed E-state index contributed by atoms with van der Waals surface area (Å²) in [5.74, 6) is -0.312. The van der Waals surface area contributed by atoms with Crippen molar-refractivity contribution in [2.45, 2.75) is 13.0 Å². The van der Waals surface area contributed by atoms with Crippen LogP contribution in [0.2, 0.25) is 0 Å². The summed E-state index contributed by atoms with van der Waals surface area (Å²) in [4.78, 5) is 4.16. The van der Waals surface area contributed by atoms with Gasteiger partial charge in [-0.1, -0.05) is 12.1 Å². The maximum atomic E-state index is 10.8. The highest BCUT2D eigenvalue weighted by atomic mass is 32.2. The van der Waals surface area contributed by atoms with Crippen LogP contribution in [0.5, 0.6) is 0 Å². The van der Waals surface area contributed by atoms with Crippen molar-refractivity contribution in [2.24, 2.45) is 0 Å². The van der Waals surface area contributed by atoms with Crippen molar-refractivity contribution >= 4 is 21.2 Å². The van der Waals surface area contributed by atoms with E-state index in [1.54, 1.807) is 17.8 Å². The van der Waals surface area contributed by atoms with Gasteiger partial charge in [0.2, 0.25) is 0 Å². The fourth-order valence-electron chi connectivity index (χ4n) is 1.71. The SMILES string of the molecule is CC(CS(=O)(=O)O)n1cnc2ccccc21. The van der Waals surface area contributed by atoms with Crippen molar-refractivity contribution in [1.29, 1.82) is 0 Å². The minimum Gasteiger partial charge on any atom is -0.327 e. The van der Waals surface area contributed by atoms with E-state index in [0.29, 0.717) is 0 Å². The minimum atomic E-state index is -3.97. The van der Waals surface area contributed by atoms with Gasteiger partial charge < -0.3 is 4.57 Å². The van der Waals surface area contributed by atoms with E-state index in [1.165, 1.54) is 0 Å². The zero-order valence-electron chi connectivity index (χ0n) is 8.74. The molecule has 0 aliphatic heterocycles. The van der Waals surface area contributed by atoms with Gasteiger partial charge in [0.05, 0.1) is 23.1 Å². The zero-order chi connectivity index (χ0) is 11.8. The fraction of sp³-hybridized carbons (Fsp3) is 0.300. The first-order valence-corrected chi connectivity index (χ1v) is 6.45. The third-order valence-electron chi connectivity index (χ3n) is 2.41. The normalized spacial score (nSPS) is 14.1. The van der Waals surface area contributed by atoms with Gasteiger partial charge in [-0.25, -0.2) is 4.98 Å². The number of imidazole rings is 1. The van der Waals surface area contributed by atoms with Crippen LogP contribution in [0.4, 0.5) is 0 Å². The molecule has 1 heterocycles. The summed E-state index contributed by atoms with van der Waals surface area (Å²) < 4.78 is 32.1. The first-order valence-electron chi connectivity index (χ1n) is 4.84. The summed E-state index contributed by atoms with van der Waals surface area (Å²) in [7, 11) is -3.97. The molecule has 1 unspecified atom stereocenters. The highest BCUT2D eigenvalue weighted by Gasteiger charge is 2.15. The van der Waals surface area contributed by atoms with Crippen molar-refractivity contribution < 1.29 is 13.0 Å². The number of aromatic nitrogens is 2. The van der Waals surface area contributed by atoms with Gasteiger partial charge in [-0.2, -0.15) is 8.42 Å². The molecule has 0 aliphatic rings. The number of fused-ring (bicyclic) bond motifs is 1. The molecular formula is C10H12N2O3S. The lowest BCUT2D eigenvalue weighted by atomic mass is 10.3. The maximum absolute atomic E-state index is 10.8. The average molecular weight is 240 g/mol. The lowest BCUT2D eigenvalue weighted by Gasteiger charge is -2.12. The number of hydrogen-bond acceptors (Lipinski definition) is 3. The smallest absolute Gasteiger partial charge is 0.266 e. The van der Waals surface area contributed by atoms with E-state index in [1.807, 2.05) is 24.3 Å². The summed E-state index contributed by atoms with van der Waals surface area (Å²) in [5.41, 5.74) is 1.67. The predicted molar refractivity (Wildman–Crippen MR) is 60.9 cm³/mol. The second kappa shape index (κ2) is 3.88. The molecule has 0 radical (unpaired) electrons. The lowest BCUT2D eigenvalue weighted by molar-refractivity contribution is 0.468. The van der Waals surface area contributed by atoms with Crippen molar-refractivity contribution in [1.82, 2.24) is 9.55 Å². The van der Waals surface area contributed by atoms with E-state index in [4.69, 9.17) is 4.55 Å². The predicted octanol–water partition coefficient (Wildman–Crippen LogP) is 1.49. The summed E-state index contributed by atoms with van der Waals surface area (Å²) >= 11 is 0. The highest BCUT2D eigenvalue weighted by Crippen LogP contribution is 2.17. The van der Waals surface area contributed by atoms with Gasteiger partial charge in [-0.3, -0.25) is 4.55 Å². The molecule has 6 heteroatoms. The van der Waals surface area contributed by atoms with E-state index in [0.717, 1.165) is 11.0 Å². The Balaban J connectivity index is 2.40. The van der Waals surface area contributed by atoms with E-state index < -0.39 is 10.1 Å². The Bertz CT molecular complexity index is 603. The third-order valence-corrected chi connectivity index (χ3v) is 3.31. The van der Waals surface area contributed by atoms with Gasteiger partial charge in [0.15, 0.2) is 0 Å². The number of hydrogen-bond donors (Lipinski definition) is 1. The van der Waals surface area contributed by atoms with Crippen molar-refractivity contribution in [3.05, 3.63) is 30.6 Å². The molecule has 1 aromatic carbocycles. The third kappa shape index (κ3) is 2.23. The van der Waals surface area contributed by atoms with Gasteiger partial charge in [0, 0.05) is 6.04 Å². The van der Waals surface area contributed by atoms with Crippen LogP contribution in [-0.4, -0.2) is 28.3 Å². The van der Waals surface area contributed by atoms with Crippen molar-refractivity contribution in [3.63, 3.8) is 0 Å². The van der Waals surface area contributed by atoms with Crippen LogP contribution in [0.1, 0.15) is 13.0 Å². The van der Waals surface area contributed by atoms with Gasteiger partial charge >= 0.3 is 0 Å². The molecule has 2 rings (SSSR count). The molecule has 0 saturated carbocycles. The Hall–Kier alpha value is -1.40. The first-order chi connectivity index (χ1) is 7.47. The van der Waals surface area contributed by atoms with Crippen molar-refractivity contribution in [3.8, 4) is 0 Å². The molecule has 0 saturated heterocycles. The maximum Gasteiger partial charge on any atom is 0.266 e. The second-order valence-electron chi connectivity index (χ2n) is 3.74. The fourth-order valence-corrected chi connectivity index (χ4v) is 2.48. The van der Waals surface area contributed by atoms with Crippen LogP contribution in [0.15, 0.2) is 30.6 Å². The molecule has 0 aliphatic carbocycles. The largest absolute Gasteiger partial charge is 0.327 e. The van der Waals surface area contributed by atoms with E-state index in [9.17, 15) is 8.42 Å². The summed E-state index contributed by atoms with van der Waals surface area (Å²) in [6.45, 7) is 1.72. The number of rotatable bonds is 3. The van der Waals surface area contributed by atoms with Crippen LogP contribution < -0.4 is 0 Å². The molecule has 5 nitrogen and oxygen atoms in total. The lowest BCUT2D eigenvalue weighted by Crippen LogP contribution is -2.16. The Morgan fingerprint density at radius 1 is 1.44 bits per heavy atom. The number of nitrogens with zero attached hydrogens (tertiary/aromatic N) is 2. The van der Waals surface area contributed by atoms with Crippen LogP contribution in [0.25, 0.3) is 11.0 Å². The monoisotopic (exact) mass is 240 g/mol. The topological polar surface area (TPSA) is 72.2 Å². The molecule has 1 N–H and O–H groups in total. The molecule has 86 valence electrons. The molecule has 1 aromatic heterocycles. The molecule has 0 amide bonds. The quantitative estimate of drug-likeness (QED) is 0.825. The highest BCUT2D eigenvalue weighted by molar-refractivity contribution is 7.85.